The van der Waals surface area contributed by atoms with Crippen LogP contribution in [-0.4, -0.2) is 15.9 Å². The highest BCUT2D eigenvalue weighted by atomic mass is 32.2. The van der Waals surface area contributed by atoms with Crippen molar-refractivity contribution in [1.29, 1.82) is 0 Å². The average molecular weight is 267 g/mol. The number of rotatable bonds is 3. The predicted octanol–water partition coefficient (Wildman–Crippen LogP) is 2.75. The van der Waals surface area contributed by atoms with Crippen LogP contribution in [0.5, 0.6) is 0 Å². The normalized spacial score (nSPS) is 21.8. The number of hydrogen-bond acceptors (Lipinski definition) is 6. The Bertz CT molecular complexity index is 477. The molecule has 6 heteroatoms. The lowest BCUT2D eigenvalue weighted by atomic mass is 10.2. The molecule has 3 rings (SSSR count). The molecule has 4 nitrogen and oxygen atoms in total. The summed E-state index contributed by atoms with van der Waals surface area (Å²) >= 11 is 3.50. The minimum atomic E-state index is -0.289. The lowest BCUT2D eigenvalue weighted by molar-refractivity contribution is 0.363. The van der Waals surface area contributed by atoms with Crippen molar-refractivity contribution in [3.05, 3.63) is 34.1 Å². The van der Waals surface area contributed by atoms with E-state index in [0.717, 1.165) is 17.1 Å². The molecule has 0 spiro atoms. The molecular formula is C11H13N3OS2. The monoisotopic (exact) mass is 267 g/mol. The molecule has 0 aromatic carbocycles. The lowest BCUT2D eigenvalue weighted by Crippen LogP contribution is -2.10. The largest absolute Gasteiger partial charge is 0.337 e. The Hall–Kier alpha value is -0.850. The van der Waals surface area contributed by atoms with Gasteiger partial charge in [-0.25, -0.2) is 0 Å². The SMILES string of the molecule is NC(c1nc(C2CCCS2)no1)c1cccs1. The van der Waals surface area contributed by atoms with Crippen LogP contribution < -0.4 is 5.73 Å². The molecule has 1 aliphatic heterocycles. The molecule has 2 aromatic heterocycles. The zero-order chi connectivity index (χ0) is 11.7. The zero-order valence-corrected chi connectivity index (χ0v) is 10.8. The van der Waals surface area contributed by atoms with Gasteiger partial charge >= 0.3 is 0 Å². The summed E-state index contributed by atoms with van der Waals surface area (Å²) in [6.45, 7) is 0. The Balaban J connectivity index is 1.80. The third-order valence-corrected chi connectivity index (χ3v) is 5.12. The number of nitrogens with two attached hydrogens (primary N) is 1. The molecular weight excluding hydrogens is 254 g/mol. The van der Waals surface area contributed by atoms with Gasteiger partial charge in [0.2, 0.25) is 5.89 Å². The van der Waals surface area contributed by atoms with Gasteiger partial charge in [-0.1, -0.05) is 11.2 Å². The van der Waals surface area contributed by atoms with Gasteiger partial charge in [-0.05, 0) is 30.0 Å². The smallest absolute Gasteiger partial charge is 0.249 e. The second-order valence-corrected chi connectivity index (χ2v) is 6.28. The van der Waals surface area contributed by atoms with Gasteiger partial charge in [0, 0.05) is 4.88 Å². The highest BCUT2D eigenvalue weighted by molar-refractivity contribution is 7.99. The number of aromatic nitrogens is 2. The number of hydrogen-bond donors (Lipinski definition) is 1. The maximum absolute atomic E-state index is 6.08. The number of thioether (sulfide) groups is 1. The maximum Gasteiger partial charge on any atom is 0.249 e. The first-order valence-electron chi connectivity index (χ1n) is 5.58. The molecule has 17 heavy (non-hydrogen) atoms. The van der Waals surface area contributed by atoms with Crippen LogP contribution in [0.4, 0.5) is 0 Å². The first-order chi connectivity index (χ1) is 8.34. The van der Waals surface area contributed by atoms with Gasteiger partial charge in [0.15, 0.2) is 5.82 Å². The molecule has 2 unspecified atom stereocenters. The molecule has 0 aliphatic carbocycles. The molecule has 2 aromatic rings. The van der Waals surface area contributed by atoms with Crippen molar-refractivity contribution < 1.29 is 4.52 Å². The summed E-state index contributed by atoms with van der Waals surface area (Å²) in [7, 11) is 0. The fourth-order valence-corrected chi connectivity index (χ4v) is 3.79. The van der Waals surface area contributed by atoms with Crippen LogP contribution in [0, 0.1) is 0 Å². The summed E-state index contributed by atoms with van der Waals surface area (Å²) in [6.07, 6.45) is 2.37. The van der Waals surface area contributed by atoms with Crippen LogP contribution in [-0.2, 0) is 0 Å². The number of nitrogens with zero attached hydrogens (tertiary/aromatic N) is 2. The summed E-state index contributed by atoms with van der Waals surface area (Å²) in [4.78, 5) is 5.49. The minimum Gasteiger partial charge on any atom is -0.337 e. The summed E-state index contributed by atoms with van der Waals surface area (Å²) in [5, 5.41) is 6.44. The van der Waals surface area contributed by atoms with Crippen molar-refractivity contribution in [2.75, 3.05) is 5.75 Å². The molecule has 3 heterocycles. The van der Waals surface area contributed by atoms with Gasteiger partial charge < -0.3 is 10.3 Å². The second kappa shape index (κ2) is 4.80. The predicted molar refractivity (Wildman–Crippen MR) is 69.1 cm³/mol. The van der Waals surface area contributed by atoms with E-state index in [4.69, 9.17) is 10.3 Å². The minimum absolute atomic E-state index is 0.289. The van der Waals surface area contributed by atoms with Crippen molar-refractivity contribution in [1.82, 2.24) is 10.1 Å². The van der Waals surface area contributed by atoms with E-state index < -0.39 is 0 Å². The summed E-state index contributed by atoms with van der Waals surface area (Å²) in [5.41, 5.74) is 6.08. The highest BCUT2D eigenvalue weighted by Gasteiger charge is 2.25. The topological polar surface area (TPSA) is 64.9 Å². The van der Waals surface area contributed by atoms with E-state index in [9.17, 15) is 0 Å². The molecule has 2 atom stereocenters. The van der Waals surface area contributed by atoms with Crippen LogP contribution in [0.25, 0.3) is 0 Å². The van der Waals surface area contributed by atoms with Gasteiger partial charge in [-0.3, -0.25) is 0 Å². The van der Waals surface area contributed by atoms with E-state index in [0.29, 0.717) is 11.1 Å². The summed E-state index contributed by atoms with van der Waals surface area (Å²) in [6, 6.07) is 3.68. The van der Waals surface area contributed by atoms with Crippen LogP contribution >= 0.6 is 23.1 Å². The van der Waals surface area contributed by atoms with Crippen molar-refractivity contribution in [2.45, 2.75) is 24.1 Å². The van der Waals surface area contributed by atoms with Crippen molar-refractivity contribution in [2.24, 2.45) is 5.73 Å². The molecule has 1 fully saturated rings. The Morgan fingerprint density at radius 1 is 1.53 bits per heavy atom. The third-order valence-electron chi connectivity index (χ3n) is 2.79. The molecule has 1 aliphatic rings. The van der Waals surface area contributed by atoms with Crippen LogP contribution in [0.2, 0.25) is 0 Å². The van der Waals surface area contributed by atoms with Crippen molar-refractivity contribution in [3.8, 4) is 0 Å². The van der Waals surface area contributed by atoms with Crippen LogP contribution in [0.15, 0.2) is 22.0 Å². The van der Waals surface area contributed by atoms with E-state index in [2.05, 4.69) is 10.1 Å². The van der Waals surface area contributed by atoms with Gasteiger partial charge in [0.05, 0.1) is 5.25 Å². The Labute approximate surface area is 108 Å². The number of thiophene rings is 1. The molecule has 90 valence electrons. The van der Waals surface area contributed by atoms with Crippen molar-refractivity contribution >= 4 is 23.1 Å². The molecule has 0 bridgehead atoms. The molecule has 0 amide bonds. The van der Waals surface area contributed by atoms with E-state index in [1.807, 2.05) is 29.3 Å². The standard InChI is InChI=1S/C11H13N3OS2/c12-9(7-3-1-5-16-7)11-13-10(14-15-11)8-4-2-6-17-8/h1,3,5,8-9H,2,4,6,12H2. The van der Waals surface area contributed by atoms with E-state index in [1.165, 1.54) is 12.2 Å². The summed E-state index contributed by atoms with van der Waals surface area (Å²) < 4.78 is 5.27. The third kappa shape index (κ3) is 2.25. The Kier molecular flexibility index (Phi) is 3.17. The Morgan fingerprint density at radius 2 is 2.47 bits per heavy atom. The van der Waals surface area contributed by atoms with Gasteiger partial charge in [-0.15, -0.1) is 11.3 Å². The second-order valence-electron chi connectivity index (χ2n) is 3.99. The lowest BCUT2D eigenvalue weighted by Gasteiger charge is -2.02. The quantitative estimate of drug-likeness (QED) is 0.926. The summed E-state index contributed by atoms with van der Waals surface area (Å²) in [5.74, 6) is 2.51. The molecule has 2 N–H and O–H groups in total. The molecule has 0 radical (unpaired) electrons. The van der Waals surface area contributed by atoms with E-state index in [1.54, 1.807) is 11.3 Å². The molecule has 1 saturated heterocycles. The van der Waals surface area contributed by atoms with Crippen LogP contribution in [0.1, 0.15) is 40.7 Å². The molecule has 0 saturated carbocycles. The van der Waals surface area contributed by atoms with Gasteiger partial charge in [0.25, 0.3) is 0 Å². The first-order valence-corrected chi connectivity index (χ1v) is 7.51. The fourth-order valence-electron chi connectivity index (χ4n) is 1.88. The average Bonchev–Trinajstić information content (AvgIpc) is 3.09. The van der Waals surface area contributed by atoms with Gasteiger partial charge in [-0.2, -0.15) is 16.7 Å². The van der Waals surface area contributed by atoms with E-state index >= 15 is 0 Å². The first kappa shape index (κ1) is 11.3. The van der Waals surface area contributed by atoms with Crippen LogP contribution in [0.3, 0.4) is 0 Å². The zero-order valence-electron chi connectivity index (χ0n) is 9.20. The van der Waals surface area contributed by atoms with Crippen molar-refractivity contribution in [3.63, 3.8) is 0 Å². The fraction of sp³-hybridized carbons (Fsp3) is 0.455. The van der Waals surface area contributed by atoms with E-state index in [-0.39, 0.29) is 6.04 Å². The highest BCUT2D eigenvalue weighted by Crippen LogP contribution is 2.38. The maximum atomic E-state index is 6.08. The Morgan fingerprint density at radius 3 is 3.18 bits per heavy atom. The van der Waals surface area contributed by atoms with Gasteiger partial charge in [0.1, 0.15) is 6.04 Å².